The summed E-state index contributed by atoms with van der Waals surface area (Å²) in [4.78, 5) is 50.1. The topological polar surface area (TPSA) is 109 Å². The van der Waals surface area contributed by atoms with Crippen molar-refractivity contribution < 1.29 is 24.3 Å². The van der Waals surface area contributed by atoms with Crippen LogP contribution < -0.4 is 5.32 Å². The predicted octanol–water partition coefficient (Wildman–Crippen LogP) is 4.78. The third kappa shape index (κ3) is 5.04. The van der Waals surface area contributed by atoms with Gasteiger partial charge in [-0.1, -0.05) is 17.7 Å². The minimum absolute atomic E-state index is 0.191. The molecule has 2 N–H and O–H groups in total. The number of aromatic nitrogens is 1. The van der Waals surface area contributed by atoms with Gasteiger partial charge in [-0.15, -0.1) is 0 Å². The summed E-state index contributed by atoms with van der Waals surface area (Å²) in [5.41, 5.74) is 5.08. The van der Waals surface area contributed by atoms with Crippen LogP contribution >= 0.6 is 11.8 Å². The second kappa shape index (κ2) is 9.63. The highest BCUT2D eigenvalue weighted by atomic mass is 32.2. The monoisotopic (exact) mass is 489 g/mol. The molecule has 178 valence electrons. The molecule has 8 nitrogen and oxygen atoms in total. The maximum Gasteiger partial charge on any atom is 0.335 e. The summed E-state index contributed by atoms with van der Waals surface area (Å²) < 4.78 is 1.94. The molecule has 0 bridgehead atoms. The molecular formula is C26H23N3O5S. The lowest BCUT2D eigenvalue weighted by molar-refractivity contribution is -0.127. The van der Waals surface area contributed by atoms with Crippen molar-refractivity contribution in [2.75, 3.05) is 11.9 Å². The number of anilines is 1. The van der Waals surface area contributed by atoms with Gasteiger partial charge in [0.15, 0.2) is 0 Å². The predicted molar refractivity (Wildman–Crippen MR) is 135 cm³/mol. The average Bonchev–Trinajstić information content (AvgIpc) is 3.24. The van der Waals surface area contributed by atoms with Crippen molar-refractivity contribution in [1.29, 1.82) is 0 Å². The van der Waals surface area contributed by atoms with Gasteiger partial charge < -0.3 is 15.0 Å². The van der Waals surface area contributed by atoms with Gasteiger partial charge in [-0.3, -0.25) is 19.3 Å². The second-order valence-corrected chi connectivity index (χ2v) is 9.19. The first-order valence-corrected chi connectivity index (χ1v) is 11.6. The van der Waals surface area contributed by atoms with Gasteiger partial charge in [0, 0.05) is 22.8 Å². The number of carboxylic acids is 1. The van der Waals surface area contributed by atoms with Gasteiger partial charge in [0.05, 0.1) is 10.5 Å². The quantitative estimate of drug-likeness (QED) is 0.483. The van der Waals surface area contributed by atoms with E-state index < -0.39 is 23.0 Å². The van der Waals surface area contributed by atoms with Gasteiger partial charge in [0.25, 0.3) is 11.1 Å². The average molecular weight is 490 g/mol. The molecule has 0 radical (unpaired) electrons. The molecule has 0 spiro atoms. The van der Waals surface area contributed by atoms with Crippen molar-refractivity contribution in [2.24, 2.45) is 0 Å². The molecule has 1 fully saturated rings. The number of imide groups is 1. The lowest BCUT2D eigenvalue weighted by Crippen LogP contribution is -2.36. The Hall–Kier alpha value is -4.11. The van der Waals surface area contributed by atoms with Crippen molar-refractivity contribution in [3.8, 4) is 5.69 Å². The number of rotatable bonds is 6. The van der Waals surface area contributed by atoms with Crippen LogP contribution in [-0.4, -0.2) is 44.1 Å². The first-order valence-electron chi connectivity index (χ1n) is 10.8. The van der Waals surface area contributed by atoms with E-state index in [4.69, 9.17) is 5.11 Å². The number of carbonyl (C=O) groups is 4. The summed E-state index contributed by atoms with van der Waals surface area (Å²) in [7, 11) is 0. The van der Waals surface area contributed by atoms with E-state index >= 15 is 0 Å². The van der Waals surface area contributed by atoms with Crippen LogP contribution in [0.1, 0.15) is 32.9 Å². The summed E-state index contributed by atoms with van der Waals surface area (Å²) >= 11 is 0.796. The molecule has 0 aliphatic carbocycles. The van der Waals surface area contributed by atoms with E-state index in [-0.39, 0.29) is 17.0 Å². The van der Waals surface area contributed by atoms with Gasteiger partial charge in [-0.2, -0.15) is 0 Å². The molecule has 1 aliphatic heterocycles. The number of aromatic carboxylic acids is 1. The van der Waals surface area contributed by atoms with E-state index in [0.717, 1.165) is 44.9 Å². The van der Waals surface area contributed by atoms with Crippen LogP contribution in [0.5, 0.6) is 0 Å². The van der Waals surface area contributed by atoms with Crippen molar-refractivity contribution >= 4 is 46.5 Å². The van der Waals surface area contributed by atoms with E-state index in [1.54, 1.807) is 30.3 Å². The molecule has 9 heteroatoms. The standard InChI is InChI=1S/C26H23N3O5S/c1-15-4-8-20(9-5-15)27-23(30)14-28-24(31)22(35-26(28)34)13-19-12-16(2)29(17(19)3)21-10-6-18(7-11-21)25(32)33/h4-13H,14H2,1-3H3,(H,27,30)(H,32,33). The smallest absolute Gasteiger partial charge is 0.335 e. The normalized spacial score (nSPS) is 14.6. The van der Waals surface area contributed by atoms with E-state index in [1.165, 1.54) is 12.1 Å². The summed E-state index contributed by atoms with van der Waals surface area (Å²) in [5, 5.41) is 11.3. The van der Waals surface area contributed by atoms with Crippen LogP contribution in [0.25, 0.3) is 11.8 Å². The van der Waals surface area contributed by atoms with Crippen molar-refractivity contribution in [2.45, 2.75) is 20.8 Å². The molecule has 0 saturated carbocycles. The van der Waals surface area contributed by atoms with Crippen molar-refractivity contribution in [3.05, 3.63) is 87.6 Å². The van der Waals surface area contributed by atoms with E-state index in [0.29, 0.717) is 5.69 Å². The first-order chi connectivity index (χ1) is 16.6. The van der Waals surface area contributed by atoms with Crippen LogP contribution in [0.15, 0.2) is 59.5 Å². The maximum absolute atomic E-state index is 12.9. The summed E-state index contributed by atoms with van der Waals surface area (Å²) in [5.74, 6) is -1.98. The lowest BCUT2D eigenvalue weighted by atomic mass is 10.2. The Bertz CT molecular complexity index is 1370. The van der Waals surface area contributed by atoms with Crippen LogP contribution in [0, 0.1) is 20.8 Å². The van der Waals surface area contributed by atoms with E-state index in [2.05, 4.69) is 5.32 Å². The number of aryl methyl sites for hydroxylation is 2. The Kier molecular flexibility index (Phi) is 6.61. The number of amides is 3. The number of benzene rings is 2. The maximum atomic E-state index is 12.9. The Labute approximate surface area is 206 Å². The molecule has 2 aromatic carbocycles. The Morgan fingerprint density at radius 3 is 2.29 bits per heavy atom. The largest absolute Gasteiger partial charge is 0.478 e. The zero-order valence-corrected chi connectivity index (χ0v) is 20.2. The highest BCUT2D eigenvalue weighted by Gasteiger charge is 2.36. The number of thioether (sulfide) groups is 1. The minimum Gasteiger partial charge on any atom is -0.478 e. The molecule has 0 unspecified atom stereocenters. The van der Waals surface area contributed by atoms with Crippen LogP contribution in [0.4, 0.5) is 10.5 Å². The van der Waals surface area contributed by atoms with E-state index in [9.17, 15) is 19.2 Å². The van der Waals surface area contributed by atoms with Gasteiger partial charge >= 0.3 is 5.97 Å². The molecule has 1 saturated heterocycles. The summed E-state index contributed by atoms with van der Waals surface area (Å²) in [6.45, 7) is 5.34. The number of nitrogens with zero attached hydrogens (tertiary/aromatic N) is 2. The highest BCUT2D eigenvalue weighted by molar-refractivity contribution is 8.18. The summed E-state index contributed by atoms with van der Waals surface area (Å²) in [6.07, 6.45) is 1.65. The number of carboxylic acid groups (broad SMARTS) is 1. The molecule has 1 aliphatic rings. The minimum atomic E-state index is -0.999. The Morgan fingerprint density at radius 1 is 1.00 bits per heavy atom. The fourth-order valence-electron chi connectivity index (χ4n) is 3.84. The third-order valence-corrected chi connectivity index (χ3v) is 6.55. The summed E-state index contributed by atoms with van der Waals surface area (Å²) in [6, 6.07) is 15.6. The number of hydrogen-bond donors (Lipinski definition) is 2. The third-order valence-electron chi connectivity index (χ3n) is 5.64. The Morgan fingerprint density at radius 2 is 1.66 bits per heavy atom. The molecule has 0 atom stereocenters. The fraction of sp³-hybridized carbons (Fsp3) is 0.154. The molecule has 4 rings (SSSR count). The second-order valence-electron chi connectivity index (χ2n) is 8.20. The molecule has 35 heavy (non-hydrogen) atoms. The zero-order chi connectivity index (χ0) is 25.3. The van der Waals surface area contributed by atoms with Crippen molar-refractivity contribution in [3.63, 3.8) is 0 Å². The van der Waals surface area contributed by atoms with Gasteiger partial charge in [0.2, 0.25) is 5.91 Å². The fourth-order valence-corrected chi connectivity index (χ4v) is 4.67. The molecular weight excluding hydrogens is 466 g/mol. The van der Waals surface area contributed by atoms with Gasteiger partial charge in [-0.25, -0.2) is 4.79 Å². The number of nitrogens with one attached hydrogen (secondary N) is 1. The van der Waals surface area contributed by atoms with Crippen LogP contribution in [-0.2, 0) is 9.59 Å². The van der Waals surface area contributed by atoms with Gasteiger partial charge in [-0.05, 0) is 86.6 Å². The van der Waals surface area contributed by atoms with Crippen LogP contribution in [0.2, 0.25) is 0 Å². The molecule has 1 aromatic heterocycles. The highest BCUT2D eigenvalue weighted by Crippen LogP contribution is 2.33. The first kappa shape index (κ1) is 24.0. The molecule has 3 aromatic rings. The van der Waals surface area contributed by atoms with Gasteiger partial charge in [0.1, 0.15) is 6.54 Å². The number of carbonyl (C=O) groups excluding carboxylic acids is 3. The number of hydrogen-bond acceptors (Lipinski definition) is 5. The zero-order valence-electron chi connectivity index (χ0n) is 19.4. The SMILES string of the molecule is Cc1ccc(NC(=O)CN2C(=O)SC(=Cc3cc(C)n(-c4ccc(C(=O)O)cc4)c3C)C2=O)cc1. The Balaban J connectivity index is 1.52. The molecule has 3 amide bonds. The van der Waals surface area contributed by atoms with E-state index in [1.807, 2.05) is 43.5 Å². The van der Waals surface area contributed by atoms with Crippen molar-refractivity contribution in [1.82, 2.24) is 9.47 Å². The lowest BCUT2D eigenvalue weighted by Gasteiger charge is -2.12. The van der Waals surface area contributed by atoms with Crippen LogP contribution in [0.3, 0.4) is 0 Å². The molecule has 2 heterocycles.